The Hall–Kier alpha value is -4.18. The van der Waals surface area contributed by atoms with Crippen LogP contribution in [0.1, 0.15) is 5.56 Å². The molecule has 2 heterocycles. The number of pyridine rings is 1. The van der Waals surface area contributed by atoms with Crippen LogP contribution in [0, 0.1) is 11.3 Å². The Kier molecular flexibility index (Phi) is 4.68. The lowest BCUT2D eigenvalue weighted by atomic mass is 10.2. The Labute approximate surface area is 161 Å². The topological polar surface area (TPSA) is 93.0 Å². The van der Waals surface area contributed by atoms with E-state index in [1.54, 1.807) is 30.6 Å². The van der Waals surface area contributed by atoms with E-state index in [1.165, 1.54) is 7.11 Å². The highest BCUT2D eigenvalue weighted by Crippen LogP contribution is 2.32. The minimum atomic E-state index is 0.503. The number of fused-ring (bicyclic) bond motifs is 1. The van der Waals surface area contributed by atoms with Gasteiger partial charge in [-0.2, -0.15) is 5.26 Å². The zero-order valence-electron chi connectivity index (χ0n) is 15.0. The Balaban J connectivity index is 1.50. The highest BCUT2D eigenvalue weighted by molar-refractivity contribution is 5.73. The SMILES string of the molecule is COc1cc(C#N)ccc1Oc1ccc(Nc2ccc3nccnc3n2)cc1. The molecule has 0 radical (unpaired) electrons. The summed E-state index contributed by atoms with van der Waals surface area (Å²) < 4.78 is 11.2. The van der Waals surface area contributed by atoms with Crippen LogP contribution in [0.4, 0.5) is 11.5 Å². The van der Waals surface area contributed by atoms with Crippen LogP contribution in [0.5, 0.6) is 17.2 Å². The second-order valence-corrected chi connectivity index (χ2v) is 5.82. The fraction of sp³-hybridized carbons (Fsp3) is 0.0476. The van der Waals surface area contributed by atoms with Crippen molar-refractivity contribution < 1.29 is 9.47 Å². The molecule has 1 N–H and O–H groups in total. The maximum Gasteiger partial charge on any atom is 0.180 e. The van der Waals surface area contributed by atoms with Gasteiger partial charge in [-0.1, -0.05) is 0 Å². The minimum Gasteiger partial charge on any atom is -0.493 e. The predicted molar refractivity (Wildman–Crippen MR) is 105 cm³/mol. The van der Waals surface area contributed by atoms with Crippen LogP contribution >= 0.6 is 0 Å². The monoisotopic (exact) mass is 369 g/mol. The Morgan fingerprint density at radius 1 is 0.929 bits per heavy atom. The van der Waals surface area contributed by atoms with Gasteiger partial charge in [0.2, 0.25) is 0 Å². The van der Waals surface area contributed by atoms with E-state index in [0.717, 1.165) is 11.2 Å². The zero-order valence-corrected chi connectivity index (χ0v) is 15.0. The molecular formula is C21H15N5O2. The summed E-state index contributed by atoms with van der Waals surface area (Å²) in [5.74, 6) is 2.36. The van der Waals surface area contributed by atoms with E-state index >= 15 is 0 Å². The van der Waals surface area contributed by atoms with Gasteiger partial charge in [0.05, 0.1) is 18.7 Å². The third-order valence-electron chi connectivity index (χ3n) is 3.98. The van der Waals surface area contributed by atoms with E-state index in [4.69, 9.17) is 14.7 Å². The number of nitrogens with one attached hydrogen (secondary N) is 1. The summed E-state index contributed by atoms with van der Waals surface area (Å²) in [7, 11) is 1.54. The molecule has 7 nitrogen and oxygen atoms in total. The summed E-state index contributed by atoms with van der Waals surface area (Å²) in [4.78, 5) is 12.9. The lowest BCUT2D eigenvalue weighted by Crippen LogP contribution is -1.96. The minimum absolute atomic E-state index is 0.503. The summed E-state index contributed by atoms with van der Waals surface area (Å²) in [6.45, 7) is 0. The molecule has 0 spiro atoms. The van der Waals surface area contributed by atoms with Gasteiger partial charge in [0, 0.05) is 24.1 Å². The van der Waals surface area contributed by atoms with Gasteiger partial charge < -0.3 is 14.8 Å². The smallest absolute Gasteiger partial charge is 0.180 e. The molecule has 136 valence electrons. The largest absolute Gasteiger partial charge is 0.493 e. The normalized spacial score (nSPS) is 10.3. The molecule has 0 aliphatic carbocycles. The number of rotatable bonds is 5. The molecule has 0 saturated heterocycles. The highest BCUT2D eigenvalue weighted by atomic mass is 16.5. The number of ether oxygens (including phenoxy) is 2. The molecular weight excluding hydrogens is 354 g/mol. The van der Waals surface area contributed by atoms with Crippen molar-refractivity contribution in [1.29, 1.82) is 5.26 Å². The van der Waals surface area contributed by atoms with Gasteiger partial charge in [-0.3, -0.25) is 4.98 Å². The average molecular weight is 369 g/mol. The highest BCUT2D eigenvalue weighted by Gasteiger charge is 2.07. The van der Waals surface area contributed by atoms with Crippen molar-refractivity contribution in [3.05, 3.63) is 72.6 Å². The number of aromatic nitrogens is 3. The van der Waals surface area contributed by atoms with E-state index in [2.05, 4.69) is 26.3 Å². The third-order valence-corrected chi connectivity index (χ3v) is 3.98. The number of methoxy groups -OCH3 is 1. The molecule has 2 aromatic carbocycles. The lowest BCUT2D eigenvalue weighted by molar-refractivity contribution is 0.379. The van der Waals surface area contributed by atoms with Crippen LogP contribution in [0.15, 0.2) is 67.0 Å². The van der Waals surface area contributed by atoms with Crippen molar-refractivity contribution in [2.75, 3.05) is 12.4 Å². The van der Waals surface area contributed by atoms with Gasteiger partial charge >= 0.3 is 0 Å². The van der Waals surface area contributed by atoms with Gasteiger partial charge in [0.25, 0.3) is 0 Å². The van der Waals surface area contributed by atoms with Crippen LogP contribution in [-0.4, -0.2) is 22.1 Å². The number of anilines is 2. The number of benzene rings is 2. The first-order valence-electron chi connectivity index (χ1n) is 8.46. The van der Waals surface area contributed by atoms with E-state index in [0.29, 0.717) is 34.3 Å². The molecule has 2 aromatic heterocycles. The second-order valence-electron chi connectivity index (χ2n) is 5.82. The van der Waals surface area contributed by atoms with Crippen molar-refractivity contribution in [1.82, 2.24) is 15.0 Å². The summed E-state index contributed by atoms with van der Waals surface area (Å²) in [5.41, 5.74) is 2.69. The number of nitriles is 1. The number of hydrogen-bond acceptors (Lipinski definition) is 7. The molecule has 0 aliphatic heterocycles. The van der Waals surface area contributed by atoms with Crippen molar-refractivity contribution in [3.63, 3.8) is 0 Å². The molecule has 7 heteroatoms. The number of hydrogen-bond donors (Lipinski definition) is 1. The van der Waals surface area contributed by atoms with E-state index < -0.39 is 0 Å². The standard InChI is InChI=1S/C21H15N5O2/c1-27-19-12-14(13-22)2-8-18(19)28-16-5-3-15(4-6-16)25-20-9-7-17-21(26-20)24-11-10-23-17/h2-12H,1H3,(H,24,25,26). The molecule has 0 aliphatic rings. The molecule has 4 rings (SSSR count). The third kappa shape index (κ3) is 3.66. The summed E-state index contributed by atoms with van der Waals surface area (Å²) >= 11 is 0. The molecule has 0 amide bonds. The summed E-state index contributed by atoms with van der Waals surface area (Å²) in [6.07, 6.45) is 3.25. The molecule has 0 atom stereocenters. The Bertz CT molecular complexity index is 1170. The quantitative estimate of drug-likeness (QED) is 0.556. The summed E-state index contributed by atoms with van der Waals surface area (Å²) in [6, 6.07) is 18.3. The van der Waals surface area contributed by atoms with Crippen LogP contribution in [0.2, 0.25) is 0 Å². The van der Waals surface area contributed by atoms with Gasteiger partial charge in [-0.15, -0.1) is 0 Å². The second kappa shape index (κ2) is 7.60. The van der Waals surface area contributed by atoms with Crippen LogP contribution in [0.25, 0.3) is 11.2 Å². The van der Waals surface area contributed by atoms with Crippen LogP contribution in [-0.2, 0) is 0 Å². The Morgan fingerprint density at radius 2 is 1.75 bits per heavy atom. The Morgan fingerprint density at radius 3 is 2.54 bits per heavy atom. The molecule has 4 aromatic rings. The first-order valence-corrected chi connectivity index (χ1v) is 8.46. The average Bonchev–Trinajstić information content (AvgIpc) is 2.75. The van der Waals surface area contributed by atoms with Gasteiger partial charge in [-0.25, -0.2) is 9.97 Å². The van der Waals surface area contributed by atoms with Gasteiger partial charge in [-0.05, 0) is 48.5 Å². The lowest BCUT2D eigenvalue weighted by Gasteiger charge is -2.11. The van der Waals surface area contributed by atoms with Crippen molar-refractivity contribution >= 4 is 22.7 Å². The summed E-state index contributed by atoms with van der Waals surface area (Å²) in [5, 5.41) is 12.2. The molecule has 0 unspecified atom stereocenters. The predicted octanol–water partition coefficient (Wildman–Crippen LogP) is 4.44. The number of nitrogens with zero attached hydrogens (tertiary/aromatic N) is 4. The molecule has 28 heavy (non-hydrogen) atoms. The molecule has 0 saturated carbocycles. The zero-order chi connectivity index (χ0) is 19.3. The maximum atomic E-state index is 8.98. The molecule has 0 fully saturated rings. The molecule has 0 bridgehead atoms. The maximum absolute atomic E-state index is 8.98. The van der Waals surface area contributed by atoms with Crippen molar-refractivity contribution in [3.8, 4) is 23.3 Å². The van der Waals surface area contributed by atoms with E-state index in [9.17, 15) is 0 Å². The van der Waals surface area contributed by atoms with Crippen LogP contribution < -0.4 is 14.8 Å². The van der Waals surface area contributed by atoms with Crippen molar-refractivity contribution in [2.45, 2.75) is 0 Å². The van der Waals surface area contributed by atoms with Gasteiger partial charge in [0.15, 0.2) is 17.1 Å². The van der Waals surface area contributed by atoms with Crippen molar-refractivity contribution in [2.24, 2.45) is 0 Å². The fourth-order valence-electron chi connectivity index (χ4n) is 2.63. The van der Waals surface area contributed by atoms with Crippen LogP contribution in [0.3, 0.4) is 0 Å². The first kappa shape index (κ1) is 17.2. The van der Waals surface area contributed by atoms with Gasteiger partial charge in [0.1, 0.15) is 17.1 Å². The van der Waals surface area contributed by atoms with E-state index in [1.807, 2.05) is 36.4 Å². The first-order chi connectivity index (χ1) is 13.7. The van der Waals surface area contributed by atoms with E-state index in [-0.39, 0.29) is 0 Å². The fourth-order valence-corrected chi connectivity index (χ4v) is 2.63.